The van der Waals surface area contributed by atoms with Crippen LogP contribution in [0, 0.1) is 0 Å². The number of nitrogens with zero attached hydrogens (tertiary/aromatic N) is 1. The number of amides is 2. The Balaban J connectivity index is 1.96. The number of halogens is 2. The lowest BCUT2D eigenvalue weighted by atomic mass is 10.0. The van der Waals surface area contributed by atoms with Crippen LogP contribution in [0.3, 0.4) is 0 Å². The van der Waals surface area contributed by atoms with Crippen LogP contribution in [0.25, 0.3) is 0 Å². The summed E-state index contributed by atoms with van der Waals surface area (Å²) in [5.74, 6) is 0.327. The summed E-state index contributed by atoms with van der Waals surface area (Å²) in [7, 11) is 1.60. The number of ether oxygens (including phenoxy) is 1. The van der Waals surface area contributed by atoms with Crippen LogP contribution in [-0.4, -0.2) is 36.4 Å². The molecular formula is C27H28Cl2N2O3. The highest BCUT2D eigenvalue weighted by Gasteiger charge is 2.30. The molecule has 0 aliphatic heterocycles. The van der Waals surface area contributed by atoms with Crippen molar-refractivity contribution in [3.63, 3.8) is 0 Å². The standard InChI is InChI=1S/C27H28Cl2N2O3/c1-3-30-27(33)25(15-19-7-5-4-6-8-19)31(18-21-11-12-22(28)17-24(21)29)26(32)16-20-9-13-23(34-2)14-10-20/h4-14,17,25H,3,15-16,18H2,1-2H3,(H,30,33)/t25-/m0/s1. The van der Waals surface area contributed by atoms with Gasteiger partial charge in [-0.2, -0.15) is 0 Å². The lowest BCUT2D eigenvalue weighted by Gasteiger charge is -2.32. The molecule has 0 spiro atoms. The highest BCUT2D eigenvalue weighted by molar-refractivity contribution is 6.35. The molecule has 3 rings (SSSR count). The summed E-state index contributed by atoms with van der Waals surface area (Å²) in [6.45, 7) is 2.50. The first-order valence-corrected chi connectivity index (χ1v) is 11.8. The molecule has 0 heterocycles. The molecule has 2 amide bonds. The van der Waals surface area contributed by atoms with Crippen molar-refractivity contribution >= 4 is 35.0 Å². The third-order valence-corrected chi connectivity index (χ3v) is 6.08. The lowest BCUT2D eigenvalue weighted by Crippen LogP contribution is -2.51. The van der Waals surface area contributed by atoms with E-state index in [9.17, 15) is 9.59 Å². The number of carbonyl (C=O) groups is 2. The minimum atomic E-state index is -0.708. The van der Waals surface area contributed by atoms with Gasteiger partial charge in [-0.25, -0.2) is 0 Å². The normalized spacial score (nSPS) is 11.5. The van der Waals surface area contributed by atoms with E-state index in [1.165, 1.54) is 0 Å². The van der Waals surface area contributed by atoms with Crippen molar-refractivity contribution in [2.45, 2.75) is 32.4 Å². The molecule has 0 aromatic heterocycles. The molecule has 0 aliphatic rings. The summed E-state index contributed by atoms with van der Waals surface area (Å²) in [5, 5.41) is 3.84. The van der Waals surface area contributed by atoms with Gasteiger partial charge in [-0.15, -0.1) is 0 Å². The van der Waals surface area contributed by atoms with Crippen molar-refractivity contribution in [1.29, 1.82) is 0 Å². The van der Waals surface area contributed by atoms with Crippen molar-refractivity contribution in [3.8, 4) is 5.75 Å². The van der Waals surface area contributed by atoms with E-state index in [4.69, 9.17) is 27.9 Å². The van der Waals surface area contributed by atoms with Crippen LogP contribution < -0.4 is 10.1 Å². The molecule has 0 radical (unpaired) electrons. The number of likely N-dealkylation sites (N-methyl/N-ethyl adjacent to an activating group) is 1. The van der Waals surface area contributed by atoms with Gasteiger partial charge < -0.3 is 15.0 Å². The Kier molecular flexibility index (Phi) is 9.37. The smallest absolute Gasteiger partial charge is 0.243 e. The average Bonchev–Trinajstić information content (AvgIpc) is 2.83. The highest BCUT2D eigenvalue weighted by atomic mass is 35.5. The van der Waals surface area contributed by atoms with E-state index < -0.39 is 6.04 Å². The molecule has 3 aromatic rings. The van der Waals surface area contributed by atoms with Gasteiger partial charge in [0.2, 0.25) is 11.8 Å². The van der Waals surface area contributed by atoms with E-state index in [2.05, 4.69) is 5.32 Å². The Labute approximate surface area is 210 Å². The molecule has 0 fully saturated rings. The van der Waals surface area contributed by atoms with E-state index in [1.54, 1.807) is 30.2 Å². The van der Waals surface area contributed by atoms with E-state index in [1.807, 2.05) is 61.5 Å². The zero-order valence-electron chi connectivity index (χ0n) is 19.3. The Bertz CT molecular complexity index is 1100. The number of methoxy groups -OCH3 is 1. The van der Waals surface area contributed by atoms with Gasteiger partial charge >= 0.3 is 0 Å². The second-order valence-electron chi connectivity index (χ2n) is 7.88. The zero-order chi connectivity index (χ0) is 24.5. The maximum atomic E-state index is 13.6. The summed E-state index contributed by atoms with van der Waals surface area (Å²) in [5.41, 5.74) is 2.51. The Morgan fingerprint density at radius 1 is 0.971 bits per heavy atom. The maximum absolute atomic E-state index is 13.6. The molecule has 0 unspecified atom stereocenters. The topological polar surface area (TPSA) is 58.6 Å². The van der Waals surface area contributed by atoms with Gasteiger partial charge in [0.05, 0.1) is 13.5 Å². The monoisotopic (exact) mass is 498 g/mol. The third kappa shape index (κ3) is 6.99. The van der Waals surface area contributed by atoms with Gasteiger partial charge in [0.15, 0.2) is 0 Å². The Morgan fingerprint density at radius 3 is 2.29 bits per heavy atom. The summed E-state index contributed by atoms with van der Waals surface area (Å²) >= 11 is 12.5. The van der Waals surface area contributed by atoms with Crippen LogP contribution in [0.5, 0.6) is 5.75 Å². The first kappa shape index (κ1) is 25.6. The van der Waals surface area contributed by atoms with Crippen molar-refractivity contribution < 1.29 is 14.3 Å². The van der Waals surface area contributed by atoms with Crippen LogP contribution in [0.1, 0.15) is 23.6 Å². The quantitative estimate of drug-likeness (QED) is 0.411. The van der Waals surface area contributed by atoms with Crippen molar-refractivity contribution in [2.24, 2.45) is 0 Å². The SMILES string of the molecule is CCNC(=O)[C@H](Cc1ccccc1)N(Cc1ccc(Cl)cc1Cl)C(=O)Cc1ccc(OC)cc1. The molecule has 0 bridgehead atoms. The molecular weight excluding hydrogens is 471 g/mol. The van der Waals surface area contributed by atoms with Gasteiger partial charge in [-0.1, -0.05) is 71.7 Å². The number of carbonyl (C=O) groups excluding carboxylic acids is 2. The Hall–Kier alpha value is -3.02. The van der Waals surface area contributed by atoms with Crippen LogP contribution in [0.15, 0.2) is 72.8 Å². The molecule has 0 saturated carbocycles. The molecule has 0 saturated heterocycles. The summed E-state index contributed by atoms with van der Waals surface area (Å²) in [6.07, 6.45) is 0.520. The molecule has 1 N–H and O–H groups in total. The molecule has 3 aromatic carbocycles. The van der Waals surface area contributed by atoms with Gasteiger partial charge in [0, 0.05) is 29.6 Å². The summed E-state index contributed by atoms with van der Waals surface area (Å²) < 4.78 is 5.21. The lowest BCUT2D eigenvalue weighted by molar-refractivity contribution is -0.140. The second kappa shape index (κ2) is 12.4. The van der Waals surface area contributed by atoms with E-state index in [-0.39, 0.29) is 24.8 Å². The molecule has 5 nitrogen and oxygen atoms in total. The van der Waals surface area contributed by atoms with Gasteiger partial charge in [0.1, 0.15) is 11.8 Å². The molecule has 7 heteroatoms. The predicted molar refractivity (Wildman–Crippen MR) is 136 cm³/mol. The maximum Gasteiger partial charge on any atom is 0.243 e. The fourth-order valence-corrected chi connectivity index (χ4v) is 4.17. The minimum Gasteiger partial charge on any atom is -0.497 e. The van der Waals surface area contributed by atoms with Gasteiger partial charge in [-0.3, -0.25) is 9.59 Å². The predicted octanol–water partition coefficient (Wildman–Crippen LogP) is 5.32. The minimum absolute atomic E-state index is 0.139. The number of rotatable bonds is 10. The van der Waals surface area contributed by atoms with Crippen LogP contribution >= 0.6 is 23.2 Å². The fourth-order valence-electron chi connectivity index (χ4n) is 3.70. The van der Waals surface area contributed by atoms with Crippen LogP contribution in [0.2, 0.25) is 10.0 Å². The number of hydrogen-bond acceptors (Lipinski definition) is 3. The third-order valence-electron chi connectivity index (χ3n) is 5.49. The number of nitrogens with one attached hydrogen (secondary N) is 1. The average molecular weight is 499 g/mol. The van der Waals surface area contributed by atoms with Crippen LogP contribution in [0.4, 0.5) is 0 Å². The molecule has 0 aliphatic carbocycles. The van der Waals surface area contributed by atoms with Crippen molar-refractivity contribution in [2.75, 3.05) is 13.7 Å². The van der Waals surface area contributed by atoms with E-state index in [0.29, 0.717) is 28.8 Å². The second-order valence-corrected chi connectivity index (χ2v) is 8.73. The van der Waals surface area contributed by atoms with Gasteiger partial charge in [0.25, 0.3) is 0 Å². The highest BCUT2D eigenvalue weighted by Crippen LogP contribution is 2.25. The molecule has 34 heavy (non-hydrogen) atoms. The summed E-state index contributed by atoms with van der Waals surface area (Å²) in [4.78, 5) is 28.4. The molecule has 178 valence electrons. The zero-order valence-corrected chi connectivity index (χ0v) is 20.8. The van der Waals surface area contributed by atoms with E-state index in [0.717, 1.165) is 16.7 Å². The number of benzene rings is 3. The Morgan fingerprint density at radius 2 is 1.68 bits per heavy atom. The van der Waals surface area contributed by atoms with Crippen molar-refractivity contribution in [3.05, 3.63) is 99.5 Å². The first-order valence-electron chi connectivity index (χ1n) is 11.1. The largest absolute Gasteiger partial charge is 0.497 e. The first-order chi connectivity index (χ1) is 16.4. The fraction of sp³-hybridized carbons (Fsp3) is 0.259. The van der Waals surface area contributed by atoms with Crippen LogP contribution in [-0.2, 0) is 29.0 Å². The molecule has 1 atom stereocenters. The van der Waals surface area contributed by atoms with Crippen molar-refractivity contribution in [1.82, 2.24) is 10.2 Å². The number of hydrogen-bond donors (Lipinski definition) is 1. The summed E-state index contributed by atoms with van der Waals surface area (Å²) in [6, 6.07) is 21.4. The van der Waals surface area contributed by atoms with E-state index >= 15 is 0 Å². The van der Waals surface area contributed by atoms with Gasteiger partial charge in [-0.05, 0) is 47.9 Å².